The van der Waals surface area contributed by atoms with Crippen molar-refractivity contribution in [2.24, 2.45) is 0 Å². The summed E-state index contributed by atoms with van der Waals surface area (Å²) < 4.78 is 11.7. The summed E-state index contributed by atoms with van der Waals surface area (Å²) in [4.78, 5) is 12.2. The number of hydrogen-bond acceptors (Lipinski definition) is 3. The van der Waals surface area contributed by atoms with Gasteiger partial charge in [-0.3, -0.25) is 0 Å². The number of fused-ring (bicyclic) bond motifs is 6. The highest BCUT2D eigenvalue weighted by atomic mass is 16.4. The van der Waals surface area contributed by atoms with Crippen molar-refractivity contribution in [2.45, 2.75) is 0 Å². The van der Waals surface area contributed by atoms with Crippen molar-refractivity contribution in [2.75, 3.05) is 0 Å². The van der Waals surface area contributed by atoms with E-state index < -0.39 is 0 Å². The first-order valence-electron chi connectivity index (χ1n) is 9.15. The second-order valence-corrected chi connectivity index (χ2v) is 6.95. The number of hydrogen-bond donors (Lipinski definition) is 0. The van der Waals surface area contributed by atoms with Crippen molar-refractivity contribution in [3.8, 4) is 11.3 Å². The van der Waals surface area contributed by atoms with Gasteiger partial charge in [-0.15, -0.1) is 0 Å². The quantitative estimate of drug-likeness (QED) is 0.247. The van der Waals surface area contributed by atoms with Crippen LogP contribution in [0.15, 0.2) is 98.6 Å². The molecule has 132 valence electrons. The van der Waals surface area contributed by atoms with Gasteiger partial charge in [0.15, 0.2) is 0 Å². The molecule has 2 aromatic heterocycles. The molecule has 0 atom stereocenters. The number of rotatable bonds is 1. The average Bonchev–Trinajstić information content (AvgIpc) is 3.17. The second kappa shape index (κ2) is 5.57. The summed E-state index contributed by atoms with van der Waals surface area (Å²) in [6.45, 7) is 0. The van der Waals surface area contributed by atoms with Crippen LogP contribution in [0.4, 0.5) is 0 Å². The molecule has 0 aliphatic heterocycles. The van der Waals surface area contributed by atoms with Crippen molar-refractivity contribution in [1.82, 2.24) is 0 Å². The largest absolute Gasteiger partial charge is 0.456 e. The molecule has 0 saturated carbocycles. The van der Waals surface area contributed by atoms with E-state index >= 15 is 0 Å². The van der Waals surface area contributed by atoms with Crippen LogP contribution < -0.4 is 5.63 Å². The minimum Gasteiger partial charge on any atom is -0.456 e. The highest BCUT2D eigenvalue weighted by Crippen LogP contribution is 2.37. The molecule has 0 fully saturated rings. The van der Waals surface area contributed by atoms with Crippen LogP contribution in [0, 0.1) is 0 Å². The lowest BCUT2D eigenvalue weighted by molar-refractivity contribution is 0.560. The van der Waals surface area contributed by atoms with Gasteiger partial charge in [-0.2, -0.15) is 0 Å². The zero-order chi connectivity index (χ0) is 18.7. The van der Waals surface area contributed by atoms with Crippen molar-refractivity contribution in [3.63, 3.8) is 0 Å². The summed E-state index contributed by atoms with van der Waals surface area (Å²) in [6, 6.07) is 27.7. The summed E-state index contributed by atoms with van der Waals surface area (Å²) in [5, 5.41) is 6.34. The predicted molar refractivity (Wildman–Crippen MR) is 113 cm³/mol. The van der Waals surface area contributed by atoms with Crippen LogP contribution >= 0.6 is 0 Å². The SMILES string of the molecule is O=c1cc(-c2cc3c(ccc4ccccc43)o2)c2c(ccc3ccccc32)o1. The van der Waals surface area contributed by atoms with Crippen LogP contribution in [0.2, 0.25) is 0 Å². The van der Waals surface area contributed by atoms with Gasteiger partial charge in [0.1, 0.15) is 16.9 Å². The fourth-order valence-electron chi connectivity index (χ4n) is 4.06. The molecule has 0 aliphatic carbocycles. The third-order valence-electron chi connectivity index (χ3n) is 5.32. The molecule has 28 heavy (non-hydrogen) atoms. The summed E-state index contributed by atoms with van der Waals surface area (Å²) in [5.41, 5.74) is 1.73. The lowest BCUT2D eigenvalue weighted by Gasteiger charge is -2.06. The molecule has 2 heterocycles. The summed E-state index contributed by atoms with van der Waals surface area (Å²) in [7, 11) is 0. The lowest BCUT2D eigenvalue weighted by atomic mass is 10.00. The van der Waals surface area contributed by atoms with Crippen LogP contribution in [0.25, 0.3) is 54.8 Å². The monoisotopic (exact) mass is 362 g/mol. The number of benzene rings is 4. The van der Waals surface area contributed by atoms with Gasteiger partial charge in [0.25, 0.3) is 0 Å². The maximum Gasteiger partial charge on any atom is 0.336 e. The van der Waals surface area contributed by atoms with Gasteiger partial charge in [0, 0.05) is 22.4 Å². The molecule has 0 aliphatic rings. The van der Waals surface area contributed by atoms with E-state index in [2.05, 4.69) is 24.3 Å². The molecule has 6 rings (SSSR count). The minimum atomic E-state index is -0.386. The van der Waals surface area contributed by atoms with Crippen LogP contribution in [-0.2, 0) is 0 Å². The van der Waals surface area contributed by atoms with E-state index in [1.807, 2.05) is 54.6 Å². The molecule has 0 unspecified atom stereocenters. The Morgan fingerprint density at radius 1 is 0.571 bits per heavy atom. The summed E-state index contributed by atoms with van der Waals surface area (Å²) >= 11 is 0. The van der Waals surface area contributed by atoms with Gasteiger partial charge >= 0.3 is 5.63 Å². The van der Waals surface area contributed by atoms with Crippen LogP contribution in [0.3, 0.4) is 0 Å². The smallest absolute Gasteiger partial charge is 0.336 e. The zero-order valence-electron chi connectivity index (χ0n) is 14.8. The first-order valence-corrected chi connectivity index (χ1v) is 9.15. The van der Waals surface area contributed by atoms with E-state index in [4.69, 9.17) is 8.83 Å². The van der Waals surface area contributed by atoms with E-state index in [0.717, 1.165) is 43.5 Å². The molecule has 0 spiro atoms. The van der Waals surface area contributed by atoms with Crippen LogP contribution in [-0.4, -0.2) is 0 Å². The van der Waals surface area contributed by atoms with Crippen LogP contribution in [0.5, 0.6) is 0 Å². The van der Waals surface area contributed by atoms with Crippen molar-refractivity contribution < 1.29 is 8.83 Å². The Morgan fingerprint density at radius 2 is 1.25 bits per heavy atom. The molecule has 6 aromatic rings. The van der Waals surface area contributed by atoms with Gasteiger partial charge in [0.05, 0.1) is 0 Å². The first kappa shape index (κ1) is 15.2. The van der Waals surface area contributed by atoms with Crippen molar-refractivity contribution >= 4 is 43.5 Å². The third-order valence-corrected chi connectivity index (χ3v) is 5.32. The Labute approximate surface area is 159 Å². The third kappa shape index (κ3) is 2.13. The average molecular weight is 362 g/mol. The Hall–Kier alpha value is -3.85. The molecule has 0 amide bonds. The van der Waals surface area contributed by atoms with E-state index in [1.165, 1.54) is 6.07 Å². The van der Waals surface area contributed by atoms with Crippen molar-refractivity contribution in [1.29, 1.82) is 0 Å². The molecular formula is C25H14O3. The topological polar surface area (TPSA) is 43.4 Å². The molecule has 0 N–H and O–H groups in total. The molecular weight excluding hydrogens is 348 g/mol. The number of furan rings is 1. The van der Waals surface area contributed by atoms with E-state index in [0.29, 0.717) is 11.3 Å². The Morgan fingerprint density at radius 3 is 2.07 bits per heavy atom. The fraction of sp³-hybridized carbons (Fsp3) is 0. The normalized spacial score (nSPS) is 11.7. The molecule has 0 bridgehead atoms. The van der Waals surface area contributed by atoms with Gasteiger partial charge in [-0.1, -0.05) is 60.7 Å². The maximum absolute atomic E-state index is 12.2. The van der Waals surface area contributed by atoms with Gasteiger partial charge in [-0.05, 0) is 39.7 Å². The molecule has 3 heteroatoms. The predicted octanol–water partition coefficient (Wildman–Crippen LogP) is 6.51. The zero-order valence-corrected chi connectivity index (χ0v) is 14.8. The fourth-order valence-corrected chi connectivity index (χ4v) is 4.06. The first-order chi connectivity index (χ1) is 13.8. The molecule has 0 radical (unpaired) electrons. The maximum atomic E-state index is 12.2. The van der Waals surface area contributed by atoms with Gasteiger partial charge < -0.3 is 8.83 Å². The summed E-state index contributed by atoms with van der Waals surface area (Å²) in [6.07, 6.45) is 0. The highest BCUT2D eigenvalue weighted by molar-refractivity contribution is 6.13. The van der Waals surface area contributed by atoms with E-state index in [9.17, 15) is 4.79 Å². The Balaban J connectivity index is 1.76. The summed E-state index contributed by atoms with van der Waals surface area (Å²) in [5.74, 6) is 0.667. The molecule has 0 saturated heterocycles. The molecule has 4 aromatic carbocycles. The van der Waals surface area contributed by atoms with Gasteiger partial charge in [-0.25, -0.2) is 4.79 Å². The van der Waals surface area contributed by atoms with Crippen molar-refractivity contribution in [3.05, 3.63) is 95.3 Å². The highest BCUT2D eigenvalue weighted by Gasteiger charge is 2.16. The minimum absolute atomic E-state index is 0.386. The van der Waals surface area contributed by atoms with Crippen LogP contribution in [0.1, 0.15) is 0 Å². The lowest BCUT2D eigenvalue weighted by Crippen LogP contribution is -1.98. The second-order valence-electron chi connectivity index (χ2n) is 6.95. The van der Waals surface area contributed by atoms with E-state index in [-0.39, 0.29) is 5.63 Å². The standard InChI is InChI=1S/C25H14O3/c26-24-14-20(25-18-8-4-2-6-16(18)10-12-22(25)28-24)23-13-19-17-7-3-1-5-15(17)9-11-21(19)27-23/h1-14H. The molecule has 3 nitrogen and oxygen atoms in total. The Kier molecular flexibility index (Phi) is 3.03. The van der Waals surface area contributed by atoms with Gasteiger partial charge in [0.2, 0.25) is 0 Å². The van der Waals surface area contributed by atoms with E-state index in [1.54, 1.807) is 0 Å². The Bertz CT molecular complexity index is 1580.